The summed E-state index contributed by atoms with van der Waals surface area (Å²) < 4.78 is 12.7. The van der Waals surface area contributed by atoms with E-state index < -0.39 is 5.83 Å². The van der Waals surface area contributed by atoms with Crippen molar-refractivity contribution in [3.63, 3.8) is 0 Å². The van der Waals surface area contributed by atoms with Crippen molar-refractivity contribution >= 4 is 11.6 Å². The monoisotopic (exact) mass is 175 g/mol. The average molecular weight is 176 g/mol. The molecule has 0 unspecified atom stereocenters. The fourth-order valence-corrected chi connectivity index (χ4v) is 0.523. The molecule has 0 radical (unpaired) electrons. The van der Waals surface area contributed by atoms with E-state index in [9.17, 15) is 4.39 Å². The lowest BCUT2D eigenvalue weighted by Crippen LogP contribution is -1.95. The molecule has 1 nitrogen and oxygen atoms in total. The van der Waals surface area contributed by atoms with Crippen LogP contribution in [-0.4, -0.2) is 6.54 Å². The Kier molecular flexibility index (Phi) is 5.80. The highest BCUT2D eigenvalue weighted by Crippen LogP contribution is 2.12. The van der Waals surface area contributed by atoms with Gasteiger partial charge in [0.1, 0.15) is 5.83 Å². The van der Waals surface area contributed by atoms with E-state index in [1.54, 1.807) is 6.08 Å². The van der Waals surface area contributed by atoms with E-state index >= 15 is 0 Å². The lowest BCUT2D eigenvalue weighted by Gasteiger charge is -1.89. The molecule has 3 heteroatoms. The molecule has 0 aliphatic heterocycles. The second kappa shape index (κ2) is 6.13. The van der Waals surface area contributed by atoms with Gasteiger partial charge in [0, 0.05) is 0 Å². The fourth-order valence-electron chi connectivity index (χ4n) is 0.460. The molecule has 0 aromatic rings. The first-order valence-corrected chi connectivity index (χ1v) is 3.64. The van der Waals surface area contributed by atoms with Crippen LogP contribution in [0.25, 0.3) is 0 Å². The molecule has 0 saturated carbocycles. The predicted molar refractivity (Wildman–Crippen MR) is 47.0 cm³/mol. The van der Waals surface area contributed by atoms with Gasteiger partial charge in [0.25, 0.3) is 0 Å². The van der Waals surface area contributed by atoms with Crippen LogP contribution in [-0.2, 0) is 0 Å². The third kappa shape index (κ3) is 4.76. The Balaban J connectivity index is 4.03. The highest BCUT2D eigenvalue weighted by molar-refractivity contribution is 6.31. The Morgan fingerprint density at radius 1 is 1.64 bits per heavy atom. The minimum Gasteiger partial charge on any atom is -0.330 e. The van der Waals surface area contributed by atoms with Crippen molar-refractivity contribution in [3.05, 3.63) is 35.7 Å². The molecule has 0 rings (SSSR count). The van der Waals surface area contributed by atoms with E-state index in [2.05, 4.69) is 6.58 Å². The number of allylic oxidation sites excluding steroid dienone is 4. The fraction of sp³-hybridized carbons (Fsp3) is 0.250. The Morgan fingerprint density at radius 2 is 2.27 bits per heavy atom. The van der Waals surface area contributed by atoms with Gasteiger partial charge in [-0.15, -0.1) is 0 Å². The van der Waals surface area contributed by atoms with Crippen molar-refractivity contribution in [2.75, 3.05) is 6.54 Å². The lowest BCUT2D eigenvalue weighted by atomic mass is 10.3. The van der Waals surface area contributed by atoms with E-state index in [4.69, 9.17) is 17.3 Å². The van der Waals surface area contributed by atoms with Crippen molar-refractivity contribution in [1.29, 1.82) is 0 Å². The summed E-state index contributed by atoms with van der Waals surface area (Å²) in [6.07, 6.45) is 4.82. The summed E-state index contributed by atoms with van der Waals surface area (Å²) >= 11 is 5.40. The van der Waals surface area contributed by atoms with Crippen LogP contribution in [0.2, 0.25) is 0 Å². The molecule has 0 aromatic heterocycles. The van der Waals surface area contributed by atoms with Crippen molar-refractivity contribution in [3.8, 4) is 0 Å². The van der Waals surface area contributed by atoms with Gasteiger partial charge in [0.15, 0.2) is 0 Å². The van der Waals surface area contributed by atoms with Crippen LogP contribution < -0.4 is 5.73 Å². The summed E-state index contributed by atoms with van der Waals surface area (Å²) in [5.74, 6) is -0.477. The highest BCUT2D eigenvalue weighted by atomic mass is 35.5. The molecule has 0 heterocycles. The quantitative estimate of drug-likeness (QED) is 0.653. The molecule has 0 saturated heterocycles. The van der Waals surface area contributed by atoms with Crippen LogP contribution in [0.3, 0.4) is 0 Å². The molecule has 0 spiro atoms. The highest BCUT2D eigenvalue weighted by Gasteiger charge is 1.92. The smallest absolute Gasteiger partial charge is 0.141 e. The minimum atomic E-state index is -0.477. The first-order valence-electron chi connectivity index (χ1n) is 3.26. The molecule has 0 amide bonds. The zero-order valence-corrected chi connectivity index (χ0v) is 6.94. The van der Waals surface area contributed by atoms with Gasteiger partial charge >= 0.3 is 0 Å². The molecule has 11 heavy (non-hydrogen) atoms. The third-order valence-corrected chi connectivity index (χ3v) is 1.34. The van der Waals surface area contributed by atoms with Gasteiger partial charge in [0.2, 0.25) is 0 Å². The van der Waals surface area contributed by atoms with E-state index in [-0.39, 0.29) is 5.03 Å². The summed E-state index contributed by atoms with van der Waals surface area (Å²) in [5, 5.41) is 0.0262. The van der Waals surface area contributed by atoms with Crippen molar-refractivity contribution in [2.45, 2.75) is 6.42 Å². The number of rotatable bonds is 4. The summed E-state index contributed by atoms with van der Waals surface area (Å²) in [4.78, 5) is 0. The number of nitrogens with two attached hydrogens (primary N) is 1. The Bertz CT molecular complexity index is 185. The molecule has 62 valence electrons. The molecule has 0 atom stereocenters. The van der Waals surface area contributed by atoms with Crippen molar-refractivity contribution in [2.24, 2.45) is 5.73 Å². The van der Waals surface area contributed by atoms with Crippen LogP contribution in [0.5, 0.6) is 0 Å². The Morgan fingerprint density at radius 3 is 2.73 bits per heavy atom. The van der Waals surface area contributed by atoms with E-state index in [0.717, 1.165) is 0 Å². The molecule has 2 N–H and O–H groups in total. The van der Waals surface area contributed by atoms with Crippen LogP contribution in [0, 0.1) is 0 Å². The van der Waals surface area contributed by atoms with Crippen molar-refractivity contribution < 1.29 is 4.39 Å². The first-order chi connectivity index (χ1) is 5.22. The van der Waals surface area contributed by atoms with Crippen LogP contribution in [0.15, 0.2) is 35.7 Å². The number of hydrogen-bond acceptors (Lipinski definition) is 1. The average Bonchev–Trinajstić information content (AvgIpc) is 2.03. The lowest BCUT2D eigenvalue weighted by molar-refractivity contribution is 0.663. The zero-order valence-electron chi connectivity index (χ0n) is 6.19. The maximum atomic E-state index is 12.7. The van der Waals surface area contributed by atoms with Crippen molar-refractivity contribution in [1.82, 2.24) is 0 Å². The van der Waals surface area contributed by atoms with Gasteiger partial charge in [-0.25, -0.2) is 4.39 Å². The summed E-state index contributed by atoms with van der Waals surface area (Å²) in [6, 6.07) is 0. The number of halogens is 2. The number of hydrogen-bond donors (Lipinski definition) is 1. The topological polar surface area (TPSA) is 26.0 Å². The zero-order chi connectivity index (χ0) is 8.69. The first kappa shape index (κ1) is 10.4. The Labute approximate surface area is 71.0 Å². The SMILES string of the molecule is C=C/C(Cl)=C(F)\C=C/CCN. The largest absolute Gasteiger partial charge is 0.330 e. The van der Waals surface area contributed by atoms with Crippen LogP contribution in [0.4, 0.5) is 4.39 Å². The molecule has 0 aliphatic carbocycles. The molecule has 0 fully saturated rings. The van der Waals surface area contributed by atoms with E-state index in [1.165, 1.54) is 12.2 Å². The second-order valence-electron chi connectivity index (χ2n) is 1.88. The van der Waals surface area contributed by atoms with E-state index in [1.807, 2.05) is 0 Å². The third-order valence-electron chi connectivity index (χ3n) is 1.00. The molecular weight excluding hydrogens is 165 g/mol. The molecule has 0 bridgehead atoms. The minimum absolute atomic E-state index is 0.0262. The van der Waals surface area contributed by atoms with Crippen LogP contribution >= 0.6 is 11.6 Å². The van der Waals surface area contributed by atoms with Gasteiger partial charge < -0.3 is 5.73 Å². The Hall–Kier alpha value is -0.600. The molecular formula is C8H11ClFN. The maximum absolute atomic E-state index is 12.7. The van der Waals surface area contributed by atoms with Crippen LogP contribution in [0.1, 0.15) is 6.42 Å². The summed E-state index contributed by atoms with van der Waals surface area (Å²) in [5.41, 5.74) is 5.18. The van der Waals surface area contributed by atoms with Gasteiger partial charge in [-0.2, -0.15) is 0 Å². The normalized spacial score (nSPS) is 13.4. The predicted octanol–water partition coefficient (Wildman–Crippen LogP) is 2.50. The summed E-state index contributed by atoms with van der Waals surface area (Å²) in [7, 11) is 0. The standard InChI is InChI=1S/C8H11ClFN/c1-2-7(9)8(10)5-3-4-6-11/h2-3,5H,1,4,6,11H2/b5-3-,8-7-. The maximum Gasteiger partial charge on any atom is 0.141 e. The molecule has 0 aromatic carbocycles. The molecule has 0 aliphatic rings. The summed E-state index contributed by atoms with van der Waals surface area (Å²) in [6.45, 7) is 3.83. The second-order valence-corrected chi connectivity index (χ2v) is 2.29. The van der Waals surface area contributed by atoms with E-state index in [0.29, 0.717) is 13.0 Å². The van der Waals surface area contributed by atoms with Gasteiger partial charge in [0.05, 0.1) is 5.03 Å². The van der Waals surface area contributed by atoms with Gasteiger partial charge in [-0.05, 0) is 25.1 Å². The van der Waals surface area contributed by atoms with Gasteiger partial charge in [-0.1, -0.05) is 24.3 Å². The van der Waals surface area contributed by atoms with Gasteiger partial charge in [-0.3, -0.25) is 0 Å².